The molecular formula is C15H18N2. The van der Waals surface area contributed by atoms with Crippen LogP contribution in [-0.2, 0) is 0 Å². The van der Waals surface area contributed by atoms with E-state index >= 15 is 0 Å². The van der Waals surface area contributed by atoms with E-state index in [1.165, 1.54) is 16.3 Å². The monoisotopic (exact) mass is 226 g/mol. The molecule has 88 valence electrons. The quantitative estimate of drug-likeness (QED) is 0.792. The van der Waals surface area contributed by atoms with Gasteiger partial charge in [0.25, 0.3) is 0 Å². The van der Waals surface area contributed by atoms with E-state index in [1.54, 1.807) is 0 Å². The van der Waals surface area contributed by atoms with Gasteiger partial charge >= 0.3 is 0 Å². The Morgan fingerprint density at radius 1 is 1.29 bits per heavy atom. The molecule has 0 saturated carbocycles. The molecule has 17 heavy (non-hydrogen) atoms. The zero-order chi connectivity index (χ0) is 11.9. The van der Waals surface area contributed by atoms with Gasteiger partial charge in [0, 0.05) is 17.8 Å². The van der Waals surface area contributed by atoms with Gasteiger partial charge in [-0.25, -0.2) is 0 Å². The van der Waals surface area contributed by atoms with Crippen LogP contribution >= 0.6 is 0 Å². The van der Waals surface area contributed by atoms with Crippen LogP contribution in [0.1, 0.15) is 18.9 Å². The summed E-state index contributed by atoms with van der Waals surface area (Å²) in [5.74, 6) is 0. The van der Waals surface area contributed by atoms with Crippen LogP contribution in [-0.4, -0.2) is 18.1 Å². The molecule has 1 aromatic carbocycles. The lowest BCUT2D eigenvalue weighted by molar-refractivity contribution is 0.727. The second-order valence-electron chi connectivity index (χ2n) is 3.99. The van der Waals surface area contributed by atoms with Crippen LogP contribution in [0, 0.1) is 0 Å². The summed E-state index contributed by atoms with van der Waals surface area (Å²) >= 11 is 0. The Bertz CT molecular complexity index is 498. The van der Waals surface area contributed by atoms with Crippen LogP contribution in [0.2, 0.25) is 0 Å². The summed E-state index contributed by atoms with van der Waals surface area (Å²) in [6.45, 7) is 4.20. The predicted molar refractivity (Wildman–Crippen MR) is 73.9 cm³/mol. The molecule has 0 aliphatic carbocycles. The molecule has 0 bridgehead atoms. The highest BCUT2D eigenvalue weighted by atomic mass is 14.8. The maximum atomic E-state index is 4.18. The molecule has 0 radical (unpaired) electrons. The fourth-order valence-corrected chi connectivity index (χ4v) is 1.85. The molecule has 2 rings (SSSR count). The van der Waals surface area contributed by atoms with Gasteiger partial charge in [-0.3, -0.25) is 4.98 Å². The van der Waals surface area contributed by atoms with Gasteiger partial charge in [0.1, 0.15) is 0 Å². The van der Waals surface area contributed by atoms with E-state index in [2.05, 4.69) is 47.6 Å². The number of nitrogens with one attached hydrogen (secondary N) is 1. The summed E-state index contributed by atoms with van der Waals surface area (Å²) in [5.41, 5.74) is 1.24. The number of rotatable bonds is 5. The third kappa shape index (κ3) is 3.14. The zero-order valence-corrected chi connectivity index (χ0v) is 10.2. The molecule has 0 spiro atoms. The first-order valence-electron chi connectivity index (χ1n) is 6.12. The predicted octanol–water partition coefficient (Wildman–Crippen LogP) is 3.25. The van der Waals surface area contributed by atoms with E-state index in [0.29, 0.717) is 0 Å². The molecule has 2 aromatic rings. The molecule has 0 atom stereocenters. The minimum absolute atomic E-state index is 1.03. The van der Waals surface area contributed by atoms with Crippen molar-refractivity contribution in [3.05, 3.63) is 48.3 Å². The fourth-order valence-electron chi connectivity index (χ4n) is 1.85. The van der Waals surface area contributed by atoms with Crippen molar-refractivity contribution in [2.24, 2.45) is 0 Å². The SMILES string of the molecule is CCNCC/C=C/c1cccc2ccncc12. The van der Waals surface area contributed by atoms with Crippen molar-refractivity contribution >= 4 is 16.8 Å². The normalized spacial score (nSPS) is 11.4. The highest BCUT2D eigenvalue weighted by molar-refractivity contribution is 5.89. The largest absolute Gasteiger partial charge is 0.317 e. The van der Waals surface area contributed by atoms with E-state index in [4.69, 9.17) is 0 Å². The van der Waals surface area contributed by atoms with Gasteiger partial charge in [-0.05, 0) is 36.5 Å². The number of hydrogen-bond donors (Lipinski definition) is 1. The Hall–Kier alpha value is -1.67. The number of benzene rings is 1. The molecule has 1 heterocycles. The van der Waals surface area contributed by atoms with E-state index < -0.39 is 0 Å². The zero-order valence-electron chi connectivity index (χ0n) is 10.2. The first-order chi connectivity index (χ1) is 8.42. The number of aromatic nitrogens is 1. The van der Waals surface area contributed by atoms with Crippen molar-refractivity contribution in [3.63, 3.8) is 0 Å². The van der Waals surface area contributed by atoms with Crippen molar-refractivity contribution in [3.8, 4) is 0 Å². The van der Waals surface area contributed by atoms with Gasteiger partial charge in [-0.2, -0.15) is 0 Å². The number of fused-ring (bicyclic) bond motifs is 1. The molecule has 0 saturated heterocycles. The molecule has 2 nitrogen and oxygen atoms in total. The molecule has 1 aromatic heterocycles. The Labute approximate surface area is 102 Å². The number of nitrogens with zero attached hydrogens (tertiary/aromatic N) is 1. The summed E-state index contributed by atoms with van der Waals surface area (Å²) in [5, 5.41) is 5.77. The van der Waals surface area contributed by atoms with E-state index in [1.807, 2.05) is 18.5 Å². The standard InChI is InChI=1S/C15H18N2/c1-2-16-10-4-3-6-13-7-5-8-14-9-11-17-12-15(13)14/h3,5-9,11-12,16H,2,4,10H2,1H3/b6-3+. The molecule has 0 aliphatic rings. The van der Waals surface area contributed by atoms with Crippen molar-refractivity contribution in [2.75, 3.05) is 13.1 Å². The van der Waals surface area contributed by atoms with E-state index in [9.17, 15) is 0 Å². The third-order valence-corrected chi connectivity index (χ3v) is 2.75. The summed E-state index contributed by atoms with van der Waals surface area (Å²) in [4.78, 5) is 4.18. The number of pyridine rings is 1. The van der Waals surface area contributed by atoms with Crippen LogP contribution < -0.4 is 5.32 Å². The van der Waals surface area contributed by atoms with Crippen molar-refractivity contribution < 1.29 is 0 Å². The molecule has 1 N–H and O–H groups in total. The van der Waals surface area contributed by atoms with Gasteiger partial charge in [0.2, 0.25) is 0 Å². The molecule has 2 heteroatoms. The van der Waals surface area contributed by atoms with Crippen LogP contribution in [0.3, 0.4) is 0 Å². The van der Waals surface area contributed by atoms with Crippen molar-refractivity contribution in [1.82, 2.24) is 10.3 Å². The summed E-state index contributed by atoms with van der Waals surface area (Å²) in [7, 11) is 0. The lowest BCUT2D eigenvalue weighted by atomic mass is 10.1. The van der Waals surface area contributed by atoms with Gasteiger partial charge in [0.15, 0.2) is 0 Å². The first-order valence-corrected chi connectivity index (χ1v) is 6.12. The maximum absolute atomic E-state index is 4.18. The molecule has 0 unspecified atom stereocenters. The topological polar surface area (TPSA) is 24.9 Å². The molecule has 0 aliphatic heterocycles. The smallest absolute Gasteiger partial charge is 0.0352 e. The first kappa shape index (κ1) is 11.8. The third-order valence-electron chi connectivity index (χ3n) is 2.75. The summed E-state index contributed by atoms with van der Waals surface area (Å²) in [6, 6.07) is 8.39. The highest BCUT2D eigenvalue weighted by Gasteiger charge is 1.96. The second kappa shape index (κ2) is 6.16. The molecule has 0 amide bonds. The van der Waals surface area contributed by atoms with Gasteiger partial charge in [-0.15, -0.1) is 0 Å². The minimum Gasteiger partial charge on any atom is -0.317 e. The Morgan fingerprint density at radius 2 is 2.24 bits per heavy atom. The summed E-state index contributed by atoms with van der Waals surface area (Å²) < 4.78 is 0. The van der Waals surface area contributed by atoms with Gasteiger partial charge < -0.3 is 5.32 Å². The number of hydrogen-bond acceptors (Lipinski definition) is 2. The van der Waals surface area contributed by atoms with Gasteiger partial charge in [-0.1, -0.05) is 37.3 Å². The lowest BCUT2D eigenvalue weighted by Gasteiger charge is -2.01. The minimum atomic E-state index is 1.03. The van der Waals surface area contributed by atoms with Gasteiger partial charge in [0.05, 0.1) is 0 Å². The molecular weight excluding hydrogens is 208 g/mol. The van der Waals surface area contributed by atoms with Crippen molar-refractivity contribution in [1.29, 1.82) is 0 Å². The Balaban J connectivity index is 2.13. The van der Waals surface area contributed by atoms with Crippen LogP contribution in [0.15, 0.2) is 42.7 Å². The summed E-state index contributed by atoms with van der Waals surface area (Å²) in [6.07, 6.45) is 9.22. The van der Waals surface area contributed by atoms with Crippen LogP contribution in [0.4, 0.5) is 0 Å². The Morgan fingerprint density at radius 3 is 3.12 bits per heavy atom. The molecule has 0 fully saturated rings. The van der Waals surface area contributed by atoms with Crippen LogP contribution in [0.25, 0.3) is 16.8 Å². The van der Waals surface area contributed by atoms with Crippen LogP contribution in [0.5, 0.6) is 0 Å². The average Bonchev–Trinajstić information content (AvgIpc) is 2.39. The highest BCUT2D eigenvalue weighted by Crippen LogP contribution is 2.18. The lowest BCUT2D eigenvalue weighted by Crippen LogP contribution is -2.12. The van der Waals surface area contributed by atoms with E-state index in [-0.39, 0.29) is 0 Å². The average molecular weight is 226 g/mol. The maximum Gasteiger partial charge on any atom is 0.0352 e. The fraction of sp³-hybridized carbons (Fsp3) is 0.267. The van der Waals surface area contributed by atoms with Crippen molar-refractivity contribution in [2.45, 2.75) is 13.3 Å². The second-order valence-corrected chi connectivity index (χ2v) is 3.99. The Kier molecular flexibility index (Phi) is 4.28. The van der Waals surface area contributed by atoms with E-state index in [0.717, 1.165) is 19.5 Å².